The standard InChI is InChI=1S/C17H19N3O3/c1-3-9-18-16(21)13-7-8-15(19-11-13)20-14-6-4-5-12(10-14)17(22)23-2/h4-8,10-11H,3,9H2,1-2H3,(H,18,21)(H,19,20). The lowest BCUT2D eigenvalue weighted by Crippen LogP contribution is -2.24. The number of nitrogens with one attached hydrogen (secondary N) is 2. The van der Waals surface area contributed by atoms with Gasteiger partial charge in [-0.2, -0.15) is 0 Å². The van der Waals surface area contributed by atoms with Gasteiger partial charge in [-0.05, 0) is 36.8 Å². The van der Waals surface area contributed by atoms with Crippen LogP contribution in [0.4, 0.5) is 11.5 Å². The number of carbonyl (C=O) groups is 2. The molecule has 0 saturated carbocycles. The minimum Gasteiger partial charge on any atom is -0.465 e. The van der Waals surface area contributed by atoms with Crippen molar-refractivity contribution in [1.82, 2.24) is 10.3 Å². The zero-order valence-electron chi connectivity index (χ0n) is 13.1. The molecule has 23 heavy (non-hydrogen) atoms. The van der Waals surface area contributed by atoms with Crippen LogP contribution in [0.15, 0.2) is 42.6 Å². The first kappa shape index (κ1) is 16.5. The fraction of sp³-hybridized carbons (Fsp3) is 0.235. The van der Waals surface area contributed by atoms with E-state index >= 15 is 0 Å². The van der Waals surface area contributed by atoms with Gasteiger partial charge in [-0.15, -0.1) is 0 Å². The Labute approximate surface area is 134 Å². The Balaban J connectivity index is 2.06. The van der Waals surface area contributed by atoms with Crippen LogP contribution in [0.25, 0.3) is 0 Å². The molecule has 0 fully saturated rings. The Hall–Kier alpha value is -2.89. The zero-order valence-corrected chi connectivity index (χ0v) is 13.1. The van der Waals surface area contributed by atoms with Crippen molar-refractivity contribution in [3.05, 3.63) is 53.7 Å². The number of anilines is 2. The number of amides is 1. The summed E-state index contributed by atoms with van der Waals surface area (Å²) in [5, 5.41) is 5.88. The summed E-state index contributed by atoms with van der Waals surface area (Å²) in [6.07, 6.45) is 2.40. The van der Waals surface area contributed by atoms with E-state index in [4.69, 9.17) is 0 Å². The molecule has 6 nitrogen and oxygen atoms in total. The van der Waals surface area contributed by atoms with Gasteiger partial charge in [0.25, 0.3) is 5.91 Å². The summed E-state index contributed by atoms with van der Waals surface area (Å²) in [6.45, 7) is 2.63. The van der Waals surface area contributed by atoms with E-state index < -0.39 is 5.97 Å². The third-order valence-electron chi connectivity index (χ3n) is 3.12. The monoisotopic (exact) mass is 313 g/mol. The van der Waals surface area contributed by atoms with Gasteiger partial charge in [-0.25, -0.2) is 9.78 Å². The molecule has 1 heterocycles. The number of hydrogen-bond acceptors (Lipinski definition) is 5. The molecule has 0 saturated heterocycles. The van der Waals surface area contributed by atoms with Crippen LogP contribution in [0.2, 0.25) is 0 Å². The number of pyridine rings is 1. The number of rotatable bonds is 6. The predicted octanol–water partition coefficient (Wildman–Crippen LogP) is 2.75. The Bertz CT molecular complexity index is 684. The second-order valence-electron chi connectivity index (χ2n) is 4.89. The highest BCUT2D eigenvalue weighted by molar-refractivity contribution is 5.94. The lowest BCUT2D eigenvalue weighted by Gasteiger charge is -2.08. The van der Waals surface area contributed by atoms with E-state index in [0.717, 1.165) is 6.42 Å². The lowest BCUT2D eigenvalue weighted by molar-refractivity contribution is 0.0600. The van der Waals surface area contributed by atoms with Gasteiger partial charge in [0.15, 0.2) is 0 Å². The fourth-order valence-electron chi connectivity index (χ4n) is 1.93. The van der Waals surface area contributed by atoms with Crippen molar-refractivity contribution in [2.75, 3.05) is 19.0 Å². The molecule has 1 amide bonds. The molecule has 1 aromatic heterocycles. The first-order chi connectivity index (χ1) is 11.1. The Morgan fingerprint density at radius 2 is 2.00 bits per heavy atom. The van der Waals surface area contributed by atoms with Gasteiger partial charge in [0.1, 0.15) is 5.82 Å². The maximum absolute atomic E-state index is 11.8. The number of hydrogen-bond donors (Lipinski definition) is 2. The molecule has 0 aliphatic carbocycles. The molecule has 2 aromatic rings. The average Bonchev–Trinajstić information content (AvgIpc) is 2.59. The Kier molecular flexibility index (Phi) is 5.68. The zero-order chi connectivity index (χ0) is 16.7. The van der Waals surface area contributed by atoms with Crippen LogP contribution in [0.3, 0.4) is 0 Å². The van der Waals surface area contributed by atoms with Gasteiger partial charge in [-0.3, -0.25) is 4.79 Å². The minimum atomic E-state index is -0.399. The van der Waals surface area contributed by atoms with Crippen LogP contribution in [0.1, 0.15) is 34.1 Å². The Morgan fingerprint density at radius 3 is 2.65 bits per heavy atom. The van der Waals surface area contributed by atoms with Crippen LogP contribution in [0.5, 0.6) is 0 Å². The fourth-order valence-corrected chi connectivity index (χ4v) is 1.93. The van der Waals surface area contributed by atoms with Crippen molar-refractivity contribution in [2.24, 2.45) is 0 Å². The highest BCUT2D eigenvalue weighted by Crippen LogP contribution is 2.16. The van der Waals surface area contributed by atoms with Crippen molar-refractivity contribution >= 4 is 23.4 Å². The van der Waals surface area contributed by atoms with E-state index in [1.807, 2.05) is 13.0 Å². The number of benzene rings is 1. The van der Waals surface area contributed by atoms with Crippen LogP contribution >= 0.6 is 0 Å². The van der Waals surface area contributed by atoms with Crippen LogP contribution in [-0.4, -0.2) is 30.5 Å². The lowest BCUT2D eigenvalue weighted by atomic mass is 10.2. The molecule has 0 aliphatic rings. The van der Waals surface area contributed by atoms with Gasteiger partial charge in [0, 0.05) is 18.4 Å². The van der Waals surface area contributed by atoms with Gasteiger partial charge in [0.05, 0.1) is 18.2 Å². The average molecular weight is 313 g/mol. The first-order valence-corrected chi connectivity index (χ1v) is 7.33. The summed E-state index contributed by atoms with van der Waals surface area (Å²) < 4.78 is 4.69. The normalized spacial score (nSPS) is 10.0. The van der Waals surface area contributed by atoms with Crippen molar-refractivity contribution in [3.63, 3.8) is 0 Å². The molecule has 0 bridgehead atoms. The van der Waals surface area contributed by atoms with Crippen molar-refractivity contribution in [1.29, 1.82) is 0 Å². The number of aromatic nitrogens is 1. The molecule has 2 rings (SSSR count). The van der Waals surface area contributed by atoms with Crippen LogP contribution in [-0.2, 0) is 4.74 Å². The molecule has 0 atom stereocenters. The molecular weight excluding hydrogens is 294 g/mol. The topological polar surface area (TPSA) is 80.3 Å². The summed E-state index contributed by atoms with van der Waals surface area (Å²) in [6, 6.07) is 10.3. The van der Waals surface area contributed by atoms with Crippen molar-refractivity contribution in [3.8, 4) is 0 Å². The summed E-state index contributed by atoms with van der Waals surface area (Å²) in [5.74, 6) is 0.0437. The maximum Gasteiger partial charge on any atom is 0.337 e. The number of carbonyl (C=O) groups excluding carboxylic acids is 2. The first-order valence-electron chi connectivity index (χ1n) is 7.33. The number of methoxy groups -OCH3 is 1. The highest BCUT2D eigenvalue weighted by atomic mass is 16.5. The molecular formula is C17H19N3O3. The summed E-state index contributed by atoms with van der Waals surface area (Å²) >= 11 is 0. The van der Waals surface area contributed by atoms with Gasteiger partial charge < -0.3 is 15.4 Å². The van der Waals surface area contributed by atoms with Gasteiger partial charge in [-0.1, -0.05) is 13.0 Å². The molecule has 0 spiro atoms. The third kappa shape index (κ3) is 4.54. The van der Waals surface area contributed by atoms with Crippen LogP contribution in [0, 0.1) is 0 Å². The smallest absolute Gasteiger partial charge is 0.337 e. The predicted molar refractivity (Wildman–Crippen MR) is 87.9 cm³/mol. The Morgan fingerprint density at radius 1 is 1.17 bits per heavy atom. The summed E-state index contributed by atoms with van der Waals surface area (Å²) in [4.78, 5) is 27.5. The molecule has 6 heteroatoms. The van der Waals surface area contributed by atoms with E-state index in [-0.39, 0.29) is 5.91 Å². The molecule has 120 valence electrons. The number of ether oxygens (including phenoxy) is 1. The number of esters is 1. The molecule has 0 aliphatic heterocycles. The second kappa shape index (κ2) is 7.93. The minimum absolute atomic E-state index is 0.140. The molecule has 0 unspecified atom stereocenters. The van der Waals surface area contributed by atoms with Crippen molar-refractivity contribution < 1.29 is 14.3 Å². The van der Waals surface area contributed by atoms with E-state index in [2.05, 4.69) is 20.4 Å². The van der Waals surface area contributed by atoms with Crippen molar-refractivity contribution in [2.45, 2.75) is 13.3 Å². The quantitative estimate of drug-likeness (QED) is 0.802. The second-order valence-corrected chi connectivity index (χ2v) is 4.89. The highest BCUT2D eigenvalue weighted by Gasteiger charge is 2.07. The largest absolute Gasteiger partial charge is 0.465 e. The number of nitrogens with zero attached hydrogens (tertiary/aromatic N) is 1. The molecule has 1 aromatic carbocycles. The van der Waals surface area contributed by atoms with E-state index in [9.17, 15) is 9.59 Å². The molecule has 0 radical (unpaired) electrons. The molecule has 2 N–H and O–H groups in total. The van der Waals surface area contributed by atoms with Gasteiger partial charge >= 0.3 is 5.97 Å². The van der Waals surface area contributed by atoms with E-state index in [1.165, 1.54) is 13.3 Å². The van der Waals surface area contributed by atoms with Crippen LogP contribution < -0.4 is 10.6 Å². The third-order valence-corrected chi connectivity index (χ3v) is 3.12. The summed E-state index contributed by atoms with van der Waals surface area (Å²) in [7, 11) is 1.34. The van der Waals surface area contributed by atoms with E-state index in [0.29, 0.717) is 29.2 Å². The summed E-state index contributed by atoms with van der Waals surface area (Å²) in [5.41, 5.74) is 1.67. The van der Waals surface area contributed by atoms with E-state index in [1.54, 1.807) is 30.3 Å². The van der Waals surface area contributed by atoms with Gasteiger partial charge in [0.2, 0.25) is 0 Å². The maximum atomic E-state index is 11.8. The SMILES string of the molecule is CCCNC(=O)c1ccc(Nc2cccc(C(=O)OC)c2)nc1.